The van der Waals surface area contributed by atoms with Crippen molar-refractivity contribution in [2.75, 3.05) is 6.54 Å². The van der Waals surface area contributed by atoms with Gasteiger partial charge in [-0.25, -0.2) is 0 Å². The zero-order chi connectivity index (χ0) is 14.7. The van der Waals surface area contributed by atoms with Crippen LogP contribution in [0, 0.1) is 0 Å². The highest BCUT2D eigenvalue weighted by Crippen LogP contribution is 2.39. The van der Waals surface area contributed by atoms with E-state index in [0.717, 1.165) is 30.7 Å². The van der Waals surface area contributed by atoms with Crippen LogP contribution in [-0.2, 0) is 10.8 Å². The van der Waals surface area contributed by atoms with Gasteiger partial charge in [0.15, 0.2) is 0 Å². The Kier molecular flexibility index (Phi) is 5.39. The van der Waals surface area contributed by atoms with Crippen LogP contribution in [0.15, 0.2) is 23.1 Å². The highest BCUT2D eigenvalue weighted by molar-refractivity contribution is 7.86. The molecule has 0 aromatic heterocycles. The molecule has 112 valence electrons. The lowest BCUT2D eigenvalue weighted by Crippen LogP contribution is -2.30. The second-order valence-corrected chi connectivity index (χ2v) is 7.65. The topological polar surface area (TPSA) is 29.1 Å². The summed E-state index contributed by atoms with van der Waals surface area (Å²) in [7, 11) is -0.853. The SMILES string of the molecule is CCCNC1c2cc(C(C)C)ccc2S(=O)C1CCC. The molecular formula is C17H27NOS. The van der Waals surface area contributed by atoms with Crippen LogP contribution < -0.4 is 5.32 Å². The Hall–Kier alpha value is -0.670. The van der Waals surface area contributed by atoms with E-state index in [1.807, 2.05) is 0 Å². The molecule has 3 atom stereocenters. The second kappa shape index (κ2) is 6.86. The van der Waals surface area contributed by atoms with Crippen molar-refractivity contribution >= 4 is 10.8 Å². The van der Waals surface area contributed by atoms with Gasteiger partial charge in [0.25, 0.3) is 0 Å². The minimum atomic E-state index is -0.853. The molecule has 0 spiro atoms. The van der Waals surface area contributed by atoms with Crippen LogP contribution >= 0.6 is 0 Å². The van der Waals surface area contributed by atoms with Crippen molar-refractivity contribution in [3.8, 4) is 0 Å². The molecule has 0 amide bonds. The molecule has 1 aromatic carbocycles. The van der Waals surface area contributed by atoms with E-state index in [-0.39, 0.29) is 11.3 Å². The smallest absolute Gasteiger partial charge is 0.0590 e. The van der Waals surface area contributed by atoms with Crippen molar-refractivity contribution in [2.45, 2.75) is 69.1 Å². The van der Waals surface area contributed by atoms with Gasteiger partial charge in [0, 0.05) is 10.9 Å². The summed E-state index contributed by atoms with van der Waals surface area (Å²) in [5.74, 6) is 0.519. The van der Waals surface area contributed by atoms with Crippen molar-refractivity contribution in [1.29, 1.82) is 0 Å². The van der Waals surface area contributed by atoms with E-state index in [1.54, 1.807) is 0 Å². The highest BCUT2D eigenvalue weighted by Gasteiger charge is 2.37. The third-order valence-corrected chi connectivity index (χ3v) is 5.95. The van der Waals surface area contributed by atoms with Crippen molar-refractivity contribution < 1.29 is 4.21 Å². The predicted octanol–water partition coefficient (Wildman–Crippen LogP) is 4.14. The van der Waals surface area contributed by atoms with E-state index in [4.69, 9.17) is 0 Å². The maximum atomic E-state index is 12.7. The molecule has 0 saturated carbocycles. The first-order valence-electron chi connectivity index (χ1n) is 7.87. The van der Waals surface area contributed by atoms with Gasteiger partial charge in [0.2, 0.25) is 0 Å². The number of fused-ring (bicyclic) bond motifs is 1. The molecule has 0 fully saturated rings. The molecule has 20 heavy (non-hydrogen) atoms. The van der Waals surface area contributed by atoms with E-state index < -0.39 is 10.8 Å². The third kappa shape index (κ3) is 2.99. The van der Waals surface area contributed by atoms with Gasteiger partial charge in [-0.1, -0.05) is 46.2 Å². The van der Waals surface area contributed by atoms with Crippen LogP contribution in [0.1, 0.15) is 70.0 Å². The van der Waals surface area contributed by atoms with Gasteiger partial charge < -0.3 is 5.32 Å². The zero-order valence-corrected chi connectivity index (χ0v) is 13.9. The van der Waals surface area contributed by atoms with Crippen LogP contribution in [-0.4, -0.2) is 16.0 Å². The van der Waals surface area contributed by atoms with Crippen LogP contribution in [0.5, 0.6) is 0 Å². The number of hydrogen-bond donors (Lipinski definition) is 1. The minimum Gasteiger partial charge on any atom is -0.309 e. The molecule has 3 heteroatoms. The van der Waals surface area contributed by atoms with Gasteiger partial charge in [-0.3, -0.25) is 4.21 Å². The molecular weight excluding hydrogens is 266 g/mol. The number of benzene rings is 1. The van der Waals surface area contributed by atoms with E-state index >= 15 is 0 Å². The predicted molar refractivity (Wildman–Crippen MR) is 86.7 cm³/mol. The molecule has 1 aliphatic heterocycles. The van der Waals surface area contributed by atoms with Gasteiger partial charge in [0.05, 0.1) is 16.0 Å². The summed E-state index contributed by atoms with van der Waals surface area (Å²) in [6, 6.07) is 6.79. The standard InChI is InChI=1S/C17H27NOS/c1-5-7-16-17(18-10-6-2)14-11-13(12(3)4)8-9-15(14)20(16)19/h8-9,11-12,16-18H,5-7,10H2,1-4H3. The quantitative estimate of drug-likeness (QED) is 0.854. The van der Waals surface area contributed by atoms with Crippen molar-refractivity contribution in [1.82, 2.24) is 5.32 Å². The fourth-order valence-electron chi connectivity index (χ4n) is 2.94. The lowest BCUT2D eigenvalue weighted by Gasteiger charge is -2.20. The van der Waals surface area contributed by atoms with E-state index in [0.29, 0.717) is 5.92 Å². The molecule has 1 N–H and O–H groups in total. The summed E-state index contributed by atoms with van der Waals surface area (Å²) in [4.78, 5) is 1.06. The van der Waals surface area contributed by atoms with Gasteiger partial charge in [0.1, 0.15) is 0 Å². The average molecular weight is 293 g/mol. The molecule has 2 rings (SSSR count). The maximum absolute atomic E-state index is 12.7. The summed E-state index contributed by atoms with van der Waals surface area (Å²) in [5, 5.41) is 3.87. The summed E-state index contributed by atoms with van der Waals surface area (Å²) in [6.45, 7) is 9.78. The van der Waals surface area contributed by atoms with Gasteiger partial charge in [-0.05, 0) is 42.5 Å². The number of rotatable bonds is 6. The van der Waals surface area contributed by atoms with Crippen LogP contribution in [0.3, 0.4) is 0 Å². The van der Waals surface area contributed by atoms with Crippen LogP contribution in [0.4, 0.5) is 0 Å². The molecule has 2 nitrogen and oxygen atoms in total. The Morgan fingerprint density at radius 3 is 2.60 bits per heavy atom. The van der Waals surface area contributed by atoms with Gasteiger partial charge in [-0.2, -0.15) is 0 Å². The fourth-order valence-corrected chi connectivity index (χ4v) is 4.83. The Morgan fingerprint density at radius 2 is 2.00 bits per heavy atom. The van der Waals surface area contributed by atoms with E-state index in [9.17, 15) is 4.21 Å². The largest absolute Gasteiger partial charge is 0.309 e. The van der Waals surface area contributed by atoms with Crippen LogP contribution in [0.25, 0.3) is 0 Å². The number of hydrogen-bond acceptors (Lipinski definition) is 2. The van der Waals surface area contributed by atoms with Crippen LogP contribution in [0.2, 0.25) is 0 Å². The highest BCUT2D eigenvalue weighted by atomic mass is 32.2. The van der Waals surface area contributed by atoms with Gasteiger partial charge in [-0.15, -0.1) is 0 Å². The minimum absolute atomic E-state index is 0.240. The second-order valence-electron chi connectivity index (χ2n) is 6.01. The lowest BCUT2D eigenvalue weighted by atomic mass is 9.95. The Balaban J connectivity index is 2.37. The van der Waals surface area contributed by atoms with E-state index in [1.165, 1.54) is 11.1 Å². The van der Waals surface area contributed by atoms with E-state index in [2.05, 4.69) is 51.2 Å². The zero-order valence-electron chi connectivity index (χ0n) is 13.1. The first kappa shape index (κ1) is 15.7. The maximum Gasteiger partial charge on any atom is 0.0590 e. The molecule has 1 aromatic rings. The third-order valence-electron chi connectivity index (χ3n) is 4.09. The van der Waals surface area contributed by atoms with Crippen molar-refractivity contribution in [3.63, 3.8) is 0 Å². The van der Waals surface area contributed by atoms with Crippen molar-refractivity contribution in [2.24, 2.45) is 0 Å². The fraction of sp³-hybridized carbons (Fsp3) is 0.647. The molecule has 0 aliphatic carbocycles. The first-order valence-corrected chi connectivity index (χ1v) is 9.09. The summed E-state index contributed by atoms with van der Waals surface area (Å²) < 4.78 is 12.7. The molecule has 1 aliphatic rings. The molecule has 0 bridgehead atoms. The lowest BCUT2D eigenvalue weighted by molar-refractivity contribution is 0.492. The van der Waals surface area contributed by atoms with Crippen molar-refractivity contribution in [3.05, 3.63) is 29.3 Å². The molecule has 3 unspecified atom stereocenters. The summed E-state index contributed by atoms with van der Waals surface area (Å²) >= 11 is 0. The van der Waals surface area contributed by atoms with Gasteiger partial charge >= 0.3 is 0 Å². The molecule has 0 radical (unpaired) electrons. The number of nitrogens with one attached hydrogen (secondary N) is 1. The molecule has 1 heterocycles. The molecule has 0 saturated heterocycles. The summed E-state index contributed by atoms with van der Waals surface area (Å²) in [6.07, 6.45) is 3.23. The Labute approximate surface area is 125 Å². The average Bonchev–Trinajstić information content (AvgIpc) is 2.70. The monoisotopic (exact) mass is 293 g/mol. The first-order chi connectivity index (χ1) is 9.60. The normalized spacial score (nSPS) is 25.1. The Bertz CT molecular complexity index is 484. The Morgan fingerprint density at radius 1 is 1.25 bits per heavy atom. The summed E-state index contributed by atoms with van der Waals surface area (Å²) in [5.41, 5.74) is 2.63.